The van der Waals surface area contributed by atoms with Crippen LogP contribution in [-0.4, -0.2) is 40.2 Å². The first kappa shape index (κ1) is 14.1. The van der Waals surface area contributed by atoms with Crippen molar-refractivity contribution in [3.63, 3.8) is 0 Å². The van der Waals surface area contributed by atoms with Crippen LogP contribution in [0.5, 0.6) is 0 Å². The Morgan fingerprint density at radius 3 is 2.80 bits per heavy atom. The van der Waals surface area contributed by atoms with Crippen molar-refractivity contribution >= 4 is 17.7 Å². The van der Waals surface area contributed by atoms with Gasteiger partial charge in [0.25, 0.3) is 5.91 Å². The Labute approximate surface area is 116 Å². The molecule has 7 heteroatoms. The Morgan fingerprint density at radius 1 is 1.50 bits per heavy atom. The topological polar surface area (TPSA) is 105 Å². The van der Waals surface area contributed by atoms with Crippen LogP contribution in [0.3, 0.4) is 0 Å². The molecule has 1 aliphatic heterocycles. The van der Waals surface area contributed by atoms with Crippen molar-refractivity contribution in [3.8, 4) is 0 Å². The molecule has 1 fully saturated rings. The summed E-state index contributed by atoms with van der Waals surface area (Å²) in [4.78, 5) is 40.8. The summed E-state index contributed by atoms with van der Waals surface area (Å²) in [5, 5.41) is 2.23. The minimum atomic E-state index is -0.642. The average Bonchev–Trinajstić information content (AvgIpc) is 2.46. The first-order valence-electron chi connectivity index (χ1n) is 6.36. The molecule has 20 heavy (non-hydrogen) atoms. The highest BCUT2D eigenvalue weighted by molar-refractivity contribution is 6.06. The lowest BCUT2D eigenvalue weighted by Crippen LogP contribution is -2.59. The highest BCUT2D eigenvalue weighted by atomic mass is 16.2. The van der Waals surface area contributed by atoms with Gasteiger partial charge in [-0.05, 0) is 18.1 Å². The van der Waals surface area contributed by atoms with E-state index in [1.54, 1.807) is 19.1 Å². The molecule has 2 rings (SSSR count). The van der Waals surface area contributed by atoms with Crippen LogP contribution in [0, 0.1) is 0 Å². The largest absolute Gasteiger partial charge is 0.326 e. The van der Waals surface area contributed by atoms with Crippen molar-refractivity contribution in [2.45, 2.75) is 25.9 Å². The van der Waals surface area contributed by atoms with E-state index in [0.717, 1.165) is 5.56 Å². The summed E-state index contributed by atoms with van der Waals surface area (Å²) >= 11 is 0. The van der Waals surface area contributed by atoms with Gasteiger partial charge in [-0.3, -0.25) is 24.7 Å². The van der Waals surface area contributed by atoms with E-state index in [1.165, 1.54) is 11.1 Å². The molecule has 1 aromatic rings. The molecule has 0 saturated carbocycles. The zero-order valence-corrected chi connectivity index (χ0v) is 11.1. The Hall–Kier alpha value is -2.28. The molecule has 1 aromatic heterocycles. The number of hydrogen-bond acceptors (Lipinski definition) is 5. The van der Waals surface area contributed by atoms with Crippen LogP contribution in [0.2, 0.25) is 0 Å². The number of nitrogens with zero attached hydrogens (tertiary/aromatic N) is 2. The summed E-state index contributed by atoms with van der Waals surface area (Å²) in [7, 11) is 0. The molecule has 0 bridgehead atoms. The number of amides is 3. The first-order chi connectivity index (χ1) is 9.56. The van der Waals surface area contributed by atoms with Crippen LogP contribution >= 0.6 is 0 Å². The van der Waals surface area contributed by atoms with E-state index >= 15 is 0 Å². The number of rotatable bonds is 3. The number of carbonyl (C=O) groups is 3. The number of piperazine rings is 1. The Bertz CT molecular complexity index is 541. The quantitative estimate of drug-likeness (QED) is 0.718. The van der Waals surface area contributed by atoms with Crippen molar-refractivity contribution in [2.24, 2.45) is 5.73 Å². The fourth-order valence-electron chi connectivity index (χ4n) is 2.10. The molecule has 1 saturated heterocycles. The third-order valence-corrected chi connectivity index (χ3v) is 3.18. The monoisotopic (exact) mass is 276 g/mol. The summed E-state index contributed by atoms with van der Waals surface area (Å²) in [6, 6.07) is 2.61. The number of pyridine rings is 1. The number of imide groups is 1. The minimum Gasteiger partial charge on any atom is -0.326 e. The highest BCUT2D eigenvalue weighted by Gasteiger charge is 2.36. The molecule has 7 nitrogen and oxygen atoms in total. The number of nitrogens with two attached hydrogens (primary N) is 1. The minimum absolute atomic E-state index is 0.136. The second-order valence-electron chi connectivity index (χ2n) is 4.53. The lowest BCUT2D eigenvalue weighted by molar-refractivity contribution is -0.138. The molecule has 0 radical (unpaired) electrons. The van der Waals surface area contributed by atoms with E-state index < -0.39 is 23.8 Å². The normalized spacial score (nSPS) is 18.9. The predicted octanol–water partition coefficient (Wildman–Crippen LogP) is -0.582. The Kier molecular flexibility index (Phi) is 4.09. The fourth-order valence-corrected chi connectivity index (χ4v) is 2.10. The molecule has 1 atom stereocenters. The smallest absolute Gasteiger partial charge is 0.273 e. The maximum Gasteiger partial charge on any atom is 0.273 e. The van der Waals surface area contributed by atoms with E-state index in [0.29, 0.717) is 13.0 Å². The van der Waals surface area contributed by atoms with Crippen molar-refractivity contribution in [3.05, 3.63) is 29.6 Å². The Morgan fingerprint density at radius 2 is 2.25 bits per heavy atom. The van der Waals surface area contributed by atoms with E-state index in [9.17, 15) is 14.4 Å². The molecule has 0 aromatic carbocycles. The van der Waals surface area contributed by atoms with Gasteiger partial charge in [0.1, 0.15) is 18.3 Å². The van der Waals surface area contributed by atoms with Crippen LogP contribution in [0.15, 0.2) is 18.3 Å². The lowest BCUT2D eigenvalue weighted by Gasteiger charge is -2.33. The molecular formula is C13H16N4O3. The molecule has 3 N–H and O–H groups in total. The zero-order chi connectivity index (χ0) is 14.7. The molecule has 2 heterocycles. The van der Waals surface area contributed by atoms with Gasteiger partial charge in [-0.25, -0.2) is 0 Å². The van der Waals surface area contributed by atoms with Crippen LogP contribution in [0.1, 0.15) is 29.4 Å². The van der Waals surface area contributed by atoms with Crippen molar-refractivity contribution < 1.29 is 14.4 Å². The van der Waals surface area contributed by atoms with Gasteiger partial charge in [-0.15, -0.1) is 0 Å². The maximum absolute atomic E-state index is 12.4. The number of hydrogen-bond donors (Lipinski definition) is 2. The standard InChI is InChI=1S/C13H16N4O3/c1-2-10-12(19)16-11(18)7-17(10)13(20)9-4-3-8(5-14)6-15-9/h3-4,6,10H,2,5,7,14H2,1H3,(H,16,18,19). The molecular weight excluding hydrogens is 260 g/mol. The van der Waals surface area contributed by atoms with Gasteiger partial charge in [0.05, 0.1) is 0 Å². The van der Waals surface area contributed by atoms with Gasteiger partial charge in [-0.2, -0.15) is 0 Å². The Balaban J connectivity index is 2.24. The van der Waals surface area contributed by atoms with Gasteiger partial charge in [-0.1, -0.05) is 13.0 Å². The van der Waals surface area contributed by atoms with Crippen LogP contribution in [0.25, 0.3) is 0 Å². The summed E-state index contributed by atoms with van der Waals surface area (Å²) in [6.07, 6.45) is 1.95. The predicted molar refractivity (Wildman–Crippen MR) is 70.4 cm³/mol. The average molecular weight is 276 g/mol. The van der Waals surface area contributed by atoms with Crippen LogP contribution in [0.4, 0.5) is 0 Å². The van der Waals surface area contributed by atoms with E-state index in [2.05, 4.69) is 10.3 Å². The van der Waals surface area contributed by atoms with Gasteiger partial charge < -0.3 is 10.6 Å². The highest BCUT2D eigenvalue weighted by Crippen LogP contribution is 2.13. The van der Waals surface area contributed by atoms with E-state index in [-0.39, 0.29) is 12.2 Å². The number of carbonyl (C=O) groups excluding carboxylic acids is 3. The second-order valence-corrected chi connectivity index (χ2v) is 4.53. The third kappa shape index (κ3) is 2.67. The molecule has 0 spiro atoms. The lowest BCUT2D eigenvalue weighted by atomic mass is 10.1. The van der Waals surface area contributed by atoms with Gasteiger partial charge >= 0.3 is 0 Å². The van der Waals surface area contributed by atoms with Gasteiger partial charge in [0.2, 0.25) is 11.8 Å². The first-order valence-corrected chi connectivity index (χ1v) is 6.36. The molecule has 106 valence electrons. The second kappa shape index (κ2) is 5.79. The van der Waals surface area contributed by atoms with Crippen LogP contribution < -0.4 is 11.1 Å². The number of nitrogens with one attached hydrogen (secondary N) is 1. The van der Waals surface area contributed by atoms with Crippen molar-refractivity contribution in [1.82, 2.24) is 15.2 Å². The summed E-state index contributed by atoms with van der Waals surface area (Å²) in [5.74, 6) is -1.36. The van der Waals surface area contributed by atoms with E-state index in [4.69, 9.17) is 5.73 Å². The fraction of sp³-hybridized carbons (Fsp3) is 0.385. The van der Waals surface area contributed by atoms with Gasteiger partial charge in [0.15, 0.2) is 0 Å². The molecule has 3 amide bonds. The molecule has 1 aliphatic rings. The van der Waals surface area contributed by atoms with Gasteiger partial charge in [0, 0.05) is 12.7 Å². The summed E-state index contributed by atoms with van der Waals surface area (Å²) in [6.45, 7) is 1.98. The number of aromatic nitrogens is 1. The maximum atomic E-state index is 12.4. The zero-order valence-electron chi connectivity index (χ0n) is 11.1. The van der Waals surface area contributed by atoms with E-state index in [1.807, 2.05) is 0 Å². The summed E-state index contributed by atoms with van der Waals surface area (Å²) < 4.78 is 0. The van der Waals surface area contributed by atoms with Crippen molar-refractivity contribution in [2.75, 3.05) is 6.54 Å². The van der Waals surface area contributed by atoms with Crippen molar-refractivity contribution in [1.29, 1.82) is 0 Å². The molecule has 0 aliphatic carbocycles. The summed E-state index contributed by atoms with van der Waals surface area (Å²) in [5.41, 5.74) is 6.47. The third-order valence-electron chi connectivity index (χ3n) is 3.18. The molecule has 1 unspecified atom stereocenters. The SMILES string of the molecule is CCC1C(=O)NC(=O)CN1C(=O)c1ccc(CN)cn1. The van der Waals surface area contributed by atoms with Crippen LogP contribution in [-0.2, 0) is 16.1 Å².